The number of carbonyl (C=O) groups is 1. The van der Waals surface area contributed by atoms with Crippen LogP contribution < -0.4 is 15.4 Å². The molecule has 6 nitrogen and oxygen atoms in total. The van der Waals surface area contributed by atoms with Crippen LogP contribution in [0.15, 0.2) is 54.6 Å². The van der Waals surface area contributed by atoms with E-state index in [0.717, 1.165) is 28.5 Å². The van der Waals surface area contributed by atoms with Crippen LogP contribution in [-0.2, 0) is 4.79 Å². The van der Waals surface area contributed by atoms with Gasteiger partial charge in [0.15, 0.2) is 0 Å². The summed E-state index contributed by atoms with van der Waals surface area (Å²) in [4.78, 5) is 12.7. The van der Waals surface area contributed by atoms with Gasteiger partial charge in [-0.15, -0.1) is 0 Å². The van der Waals surface area contributed by atoms with E-state index in [0.29, 0.717) is 5.92 Å². The maximum atomic E-state index is 12.7. The van der Waals surface area contributed by atoms with E-state index in [1.165, 1.54) is 18.4 Å². The highest BCUT2D eigenvalue weighted by molar-refractivity contribution is 5.93. The topological polar surface area (TPSA) is 68.2 Å². The molecule has 1 fully saturated rings. The fourth-order valence-corrected chi connectivity index (χ4v) is 3.83. The van der Waals surface area contributed by atoms with Crippen molar-refractivity contribution in [1.29, 1.82) is 0 Å². The van der Waals surface area contributed by atoms with Gasteiger partial charge in [-0.1, -0.05) is 30.3 Å². The second-order valence-corrected chi connectivity index (χ2v) is 7.81. The summed E-state index contributed by atoms with van der Waals surface area (Å²) in [7, 11) is 1.67. The fraction of sp³-hybridized carbons (Fsp3) is 0.333. The lowest BCUT2D eigenvalue weighted by Crippen LogP contribution is -2.32. The van der Waals surface area contributed by atoms with Gasteiger partial charge < -0.3 is 15.4 Å². The molecular weight excluding hydrogens is 376 g/mol. The van der Waals surface area contributed by atoms with Crippen LogP contribution in [0.4, 0.5) is 5.69 Å². The maximum Gasteiger partial charge on any atom is 0.238 e. The van der Waals surface area contributed by atoms with Crippen LogP contribution >= 0.6 is 0 Å². The zero-order valence-electron chi connectivity index (χ0n) is 17.7. The minimum Gasteiger partial charge on any atom is -0.497 e. The van der Waals surface area contributed by atoms with Gasteiger partial charge >= 0.3 is 0 Å². The van der Waals surface area contributed by atoms with Gasteiger partial charge in [0.25, 0.3) is 0 Å². The number of methoxy groups -OCH3 is 1. The Kier molecular flexibility index (Phi) is 5.86. The molecule has 3 aromatic rings. The normalized spacial score (nSPS) is 14.4. The van der Waals surface area contributed by atoms with E-state index in [-0.39, 0.29) is 18.5 Å². The molecule has 0 spiro atoms. The molecule has 1 aliphatic rings. The van der Waals surface area contributed by atoms with Gasteiger partial charge in [-0.3, -0.25) is 4.79 Å². The van der Waals surface area contributed by atoms with Crippen molar-refractivity contribution in [2.75, 3.05) is 19.0 Å². The zero-order chi connectivity index (χ0) is 21.1. The largest absolute Gasteiger partial charge is 0.497 e. The molecule has 0 saturated heterocycles. The van der Waals surface area contributed by atoms with Crippen molar-refractivity contribution in [3.8, 4) is 11.4 Å². The summed E-state index contributed by atoms with van der Waals surface area (Å²) in [5.74, 6) is 1.36. The number of para-hydroxylation sites is 1. The number of benzene rings is 2. The van der Waals surface area contributed by atoms with Crippen molar-refractivity contribution in [1.82, 2.24) is 15.1 Å². The Morgan fingerprint density at radius 1 is 1.13 bits per heavy atom. The summed E-state index contributed by atoms with van der Waals surface area (Å²) >= 11 is 0. The molecule has 1 aliphatic carbocycles. The second kappa shape index (κ2) is 8.71. The first-order valence-electron chi connectivity index (χ1n) is 10.4. The highest BCUT2D eigenvalue weighted by atomic mass is 16.5. The summed E-state index contributed by atoms with van der Waals surface area (Å²) in [5.41, 5.74) is 4.66. The van der Waals surface area contributed by atoms with Gasteiger partial charge in [0.1, 0.15) is 5.75 Å². The first-order valence-corrected chi connectivity index (χ1v) is 10.4. The molecule has 1 saturated carbocycles. The van der Waals surface area contributed by atoms with Crippen LogP contribution in [0, 0.1) is 19.8 Å². The number of nitrogens with zero attached hydrogens (tertiary/aromatic N) is 2. The molecule has 2 N–H and O–H groups in total. The molecular formula is C24H28N4O2. The lowest BCUT2D eigenvalue weighted by atomic mass is 10.0. The summed E-state index contributed by atoms with van der Waals surface area (Å²) < 4.78 is 7.12. The number of aromatic nitrogens is 2. The van der Waals surface area contributed by atoms with Gasteiger partial charge in [-0.2, -0.15) is 5.10 Å². The monoisotopic (exact) mass is 404 g/mol. The molecule has 0 aliphatic heterocycles. The van der Waals surface area contributed by atoms with Gasteiger partial charge in [0.05, 0.1) is 36.4 Å². The Morgan fingerprint density at radius 2 is 1.83 bits per heavy atom. The van der Waals surface area contributed by atoms with Crippen molar-refractivity contribution < 1.29 is 9.53 Å². The number of hydrogen-bond donors (Lipinski definition) is 2. The van der Waals surface area contributed by atoms with E-state index in [1.807, 2.05) is 61.0 Å². The van der Waals surface area contributed by atoms with Gasteiger partial charge in [0.2, 0.25) is 5.91 Å². The molecule has 2 aromatic carbocycles. The van der Waals surface area contributed by atoms with E-state index in [9.17, 15) is 4.79 Å². The van der Waals surface area contributed by atoms with Crippen molar-refractivity contribution in [2.24, 2.45) is 5.92 Å². The van der Waals surface area contributed by atoms with E-state index in [1.54, 1.807) is 7.11 Å². The average Bonchev–Trinajstić information content (AvgIpc) is 3.57. The summed E-state index contributed by atoms with van der Waals surface area (Å²) in [6.45, 7) is 4.14. The van der Waals surface area contributed by atoms with Crippen molar-refractivity contribution in [3.63, 3.8) is 0 Å². The molecule has 6 heteroatoms. The van der Waals surface area contributed by atoms with E-state index < -0.39 is 0 Å². The number of nitrogens with one attached hydrogen (secondary N) is 2. The SMILES string of the molecule is COc1ccc(C(NCC(=O)Nc2c(C)nn(-c3ccccc3)c2C)C2CC2)cc1. The molecule has 156 valence electrons. The summed E-state index contributed by atoms with van der Waals surface area (Å²) in [6, 6.07) is 18.2. The lowest BCUT2D eigenvalue weighted by molar-refractivity contribution is -0.115. The third kappa shape index (κ3) is 4.39. The van der Waals surface area contributed by atoms with Crippen molar-refractivity contribution >= 4 is 11.6 Å². The Balaban J connectivity index is 1.42. The van der Waals surface area contributed by atoms with Gasteiger partial charge in [-0.05, 0) is 62.4 Å². The smallest absolute Gasteiger partial charge is 0.238 e. The molecule has 1 heterocycles. The highest BCUT2D eigenvalue weighted by Gasteiger charge is 2.32. The third-order valence-corrected chi connectivity index (χ3v) is 5.61. The van der Waals surface area contributed by atoms with Crippen LogP contribution in [0.1, 0.15) is 35.8 Å². The number of aryl methyl sites for hydroxylation is 1. The van der Waals surface area contributed by atoms with Crippen LogP contribution in [0.3, 0.4) is 0 Å². The Hall–Kier alpha value is -3.12. The number of rotatable bonds is 8. The summed E-state index contributed by atoms with van der Waals surface area (Å²) in [5, 5.41) is 11.1. The maximum absolute atomic E-state index is 12.7. The highest BCUT2D eigenvalue weighted by Crippen LogP contribution is 2.41. The van der Waals surface area contributed by atoms with Crippen LogP contribution in [0.5, 0.6) is 5.75 Å². The minimum atomic E-state index is -0.0621. The van der Waals surface area contributed by atoms with E-state index >= 15 is 0 Å². The summed E-state index contributed by atoms with van der Waals surface area (Å²) in [6.07, 6.45) is 2.38. The molecule has 1 aromatic heterocycles. The standard InChI is InChI=1S/C24H28N4O2/c1-16-23(17(2)28(27-16)20-7-5-4-6-8-20)26-22(29)15-25-24(18-9-10-18)19-11-13-21(30-3)14-12-19/h4-8,11-14,18,24-25H,9-10,15H2,1-3H3,(H,26,29). The molecule has 0 radical (unpaired) electrons. The first-order chi connectivity index (χ1) is 14.6. The van der Waals surface area contributed by atoms with Crippen molar-refractivity contribution in [2.45, 2.75) is 32.7 Å². The third-order valence-electron chi connectivity index (χ3n) is 5.61. The van der Waals surface area contributed by atoms with Gasteiger partial charge in [-0.25, -0.2) is 4.68 Å². The van der Waals surface area contributed by atoms with Crippen LogP contribution in [-0.4, -0.2) is 29.3 Å². The molecule has 0 bridgehead atoms. The zero-order valence-corrected chi connectivity index (χ0v) is 17.7. The number of amides is 1. The van der Waals surface area contributed by atoms with Crippen LogP contribution in [0.2, 0.25) is 0 Å². The number of anilines is 1. The number of hydrogen-bond acceptors (Lipinski definition) is 4. The number of carbonyl (C=O) groups excluding carboxylic acids is 1. The molecule has 4 rings (SSSR count). The van der Waals surface area contributed by atoms with E-state index in [4.69, 9.17) is 4.74 Å². The second-order valence-electron chi connectivity index (χ2n) is 7.81. The quantitative estimate of drug-likeness (QED) is 0.591. The molecule has 1 atom stereocenters. The number of ether oxygens (including phenoxy) is 1. The lowest BCUT2D eigenvalue weighted by Gasteiger charge is -2.19. The fourth-order valence-electron chi connectivity index (χ4n) is 3.83. The first kappa shape index (κ1) is 20.2. The van der Waals surface area contributed by atoms with Crippen molar-refractivity contribution in [3.05, 3.63) is 71.5 Å². The Labute approximate surface area is 177 Å². The van der Waals surface area contributed by atoms with Crippen LogP contribution in [0.25, 0.3) is 5.69 Å². The Bertz CT molecular complexity index is 1010. The predicted molar refractivity (Wildman–Crippen MR) is 118 cm³/mol. The average molecular weight is 405 g/mol. The minimum absolute atomic E-state index is 0.0621. The van der Waals surface area contributed by atoms with E-state index in [2.05, 4.69) is 27.9 Å². The predicted octanol–water partition coefficient (Wildman–Crippen LogP) is 4.18. The molecule has 1 amide bonds. The molecule has 30 heavy (non-hydrogen) atoms. The van der Waals surface area contributed by atoms with Gasteiger partial charge in [0, 0.05) is 6.04 Å². The Morgan fingerprint density at radius 3 is 2.47 bits per heavy atom. The molecule has 1 unspecified atom stereocenters.